The van der Waals surface area contributed by atoms with Crippen molar-refractivity contribution in [2.75, 3.05) is 36.0 Å². The third-order valence-electron chi connectivity index (χ3n) is 5.82. The Labute approximate surface area is 294 Å². The maximum Gasteiger partial charge on any atom is 2.00 e. The zero-order valence-corrected chi connectivity index (χ0v) is 28.9. The summed E-state index contributed by atoms with van der Waals surface area (Å²) in [4.78, 5) is 11.9. The number of aliphatic imine (C=N–C) groups is 2. The van der Waals surface area contributed by atoms with E-state index in [1.54, 1.807) is 23.4 Å². The number of nitrogens with zero attached hydrogens (tertiary/aromatic N) is 8. The van der Waals surface area contributed by atoms with Gasteiger partial charge in [0.25, 0.3) is 0 Å². The van der Waals surface area contributed by atoms with Gasteiger partial charge in [-0.15, -0.1) is 0 Å². The van der Waals surface area contributed by atoms with Gasteiger partial charge in [-0.3, -0.25) is 32.2 Å². The van der Waals surface area contributed by atoms with Gasteiger partial charge >= 0.3 is 16.5 Å². The second-order valence-corrected chi connectivity index (χ2v) is 9.36. The number of hydrogen-bond acceptors (Lipinski definition) is 12. The van der Waals surface area contributed by atoms with Gasteiger partial charge in [0.1, 0.15) is 12.4 Å². The van der Waals surface area contributed by atoms with Gasteiger partial charge in [0, 0.05) is 37.6 Å². The summed E-state index contributed by atoms with van der Waals surface area (Å²) >= 11 is 9.80. The number of thiocarbonyl (C=S) groups is 2. The summed E-state index contributed by atoms with van der Waals surface area (Å²) in [5.41, 5.74) is 12.6. The maximum atomic E-state index is 8.71. The van der Waals surface area contributed by atoms with Gasteiger partial charge < -0.3 is 20.2 Å². The smallest absolute Gasteiger partial charge is 0.411 e. The van der Waals surface area contributed by atoms with Crippen LogP contribution in [-0.4, -0.2) is 93.8 Å². The molecular formula is C28H40N12NiO4S2+2. The van der Waals surface area contributed by atoms with E-state index >= 15 is 0 Å². The van der Waals surface area contributed by atoms with Gasteiger partial charge in [0.05, 0.1) is 12.4 Å². The first kappa shape index (κ1) is 42.5. The molecule has 16 nitrogen and oxygen atoms in total. The van der Waals surface area contributed by atoms with Crippen molar-refractivity contribution in [3.05, 3.63) is 59.7 Å². The van der Waals surface area contributed by atoms with Crippen LogP contribution in [-0.2, 0) is 16.5 Å². The molecule has 0 amide bonds. The number of anilines is 2. The Bertz CT molecular complexity index is 1280. The number of amidine groups is 2. The summed E-state index contributed by atoms with van der Waals surface area (Å²) in [6, 6.07) is 15.9. The molecule has 0 bridgehead atoms. The molecule has 0 fully saturated rings. The van der Waals surface area contributed by atoms with Gasteiger partial charge in [-0.1, -0.05) is 34.6 Å². The first-order valence-corrected chi connectivity index (χ1v) is 14.8. The fourth-order valence-corrected chi connectivity index (χ4v) is 3.89. The predicted octanol–water partition coefficient (Wildman–Crippen LogP) is 3.15. The minimum atomic E-state index is -0.122. The molecule has 19 heteroatoms. The summed E-state index contributed by atoms with van der Waals surface area (Å²) in [5.74, 6) is -0.243. The fraction of sp³-hybridized carbons (Fsp3) is 0.286. The third-order valence-corrected chi connectivity index (χ3v) is 6.19. The summed E-state index contributed by atoms with van der Waals surface area (Å²) in [6.45, 7) is 12.3. The zero-order chi connectivity index (χ0) is 34.2. The van der Waals surface area contributed by atoms with Gasteiger partial charge in [-0.2, -0.15) is 20.2 Å². The van der Waals surface area contributed by atoms with Crippen molar-refractivity contribution in [1.29, 1.82) is 0 Å². The minimum Gasteiger partial charge on any atom is -0.411 e. The summed E-state index contributed by atoms with van der Waals surface area (Å²) in [7, 11) is 0. The fourth-order valence-electron chi connectivity index (χ4n) is 3.59. The summed E-state index contributed by atoms with van der Waals surface area (Å²) < 4.78 is 0. The summed E-state index contributed by atoms with van der Waals surface area (Å²) in [5, 5.41) is 47.4. The third kappa shape index (κ3) is 17.1. The minimum absolute atomic E-state index is 0. The second-order valence-electron chi connectivity index (χ2n) is 8.58. The van der Waals surface area contributed by atoms with Crippen LogP contribution in [0.25, 0.3) is 0 Å². The van der Waals surface area contributed by atoms with E-state index in [-0.39, 0.29) is 38.4 Å². The van der Waals surface area contributed by atoms with Crippen LogP contribution < -0.4 is 31.6 Å². The van der Waals surface area contributed by atoms with Gasteiger partial charge in [0.2, 0.25) is 10.2 Å². The monoisotopic (exact) mass is 730 g/mol. The molecule has 0 aromatic heterocycles. The Balaban J connectivity index is 0.000000882. The SMILES string of the molecule is CCN(CC)c1ccc(/C=N/NC(=S)/N=C(/C=N/O)NO)cc1.CCN(CC)c1ccc(/C=N/NC(=S)/N=C(/C=N/O)NO)cc1.[Ni+2]. The number of hydroxylamine groups is 2. The Hall–Kier alpha value is -4.55. The quantitative estimate of drug-likeness (QED) is 0.0396. The van der Waals surface area contributed by atoms with Crippen LogP contribution in [0.4, 0.5) is 11.4 Å². The zero-order valence-electron chi connectivity index (χ0n) is 26.3. The van der Waals surface area contributed by atoms with Crippen molar-refractivity contribution in [3.8, 4) is 0 Å². The van der Waals surface area contributed by atoms with Crippen LogP contribution in [0.1, 0.15) is 38.8 Å². The molecule has 0 aliphatic carbocycles. The molecular weight excluding hydrogens is 691 g/mol. The average molecular weight is 732 g/mol. The molecule has 8 N–H and O–H groups in total. The molecule has 0 spiro atoms. The molecule has 256 valence electrons. The Morgan fingerprint density at radius 1 is 0.638 bits per heavy atom. The van der Waals surface area contributed by atoms with Gasteiger partial charge in [-0.05, 0) is 87.5 Å². The number of hydrazone groups is 2. The number of oxime groups is 2. The number of nitrogens with one attached hydrogen (secondary N) is 4. The number of hydrogen-bond donors (Lipinski definition) is 8. The first-order valence-electron chi connectivity index (χ1n) is 14.0. The number of benzene rings is 2. The van der Waals surface area contributed by atoms with E-state index in [1.807, 2.05) is 48.5 Å². The molecule has 0 aliphatic rings. The van der Waals surface area contributed by atoms with E-state index in [1.165, 1.54) is 0 Å². The normalized spacial score (nSPS) is 11.6. The van der Waals surface area contributed by atoms with Gasteiger partial charge in [0.15, 0.2) is 11.7 Å². The molecule has 2 aromatic rings. The van der Waals surface area contributed by atoms with E-state index < -0.39 is 0 Å². The molecule has 47 heavy (non-hydrogen) atoms. The van der Waals surface area contributed by atoms with Crippen molar-refractivity contribution >= 4 is 82.6 Å². The van der Waals surface area contributed by atoms with Crippen molar-refractivity contribution < 1.29 is 37.3 Å². The Morgan fingerprint density at radius 2 is 0.957 bits per heavy atom. The first-order chi connectivity index (χ1) is 22.3. The van der Waals surface area contributed by atoms with Crippen molar-refractivity contribution in [2.45, 2.75) is 27.7 Å². The van der Waals surface area contributed by atoms with Crippen LogP contribution in [0.3, 0.4) is 0 Å². The molecule has 0 radical (unpaired) electrons. The van der Waals surface area contributed by atoms with E-state index in [0.717, 1.165) is 61.1 Å². The van der Waals surface area contributed by atoms with E-state index in [0.29, 0.717) is 0 Å². The molecule has 2 aromatic carbocycles. The molecule has 0 unspecified atom stereocenters. The number of rotatable bonds is 12. The molecule has 0 aliphatic heterocycles. The van der Waals surface area contributed by atoms with Crippen LogP contribution in [0.15, 0.2) is 79.0 Å². The topological polar surface area (TPSA) is 210 Å². The summed E-state index contributed by atoms with van der Waals surface area (Å²) in [6.07, 6.45) is 4.98. The average Bonchev–Trinajstić information content (AvgIpc) is 3.07. The van der Waals surface area contributed by atoms with Crippen LogP contribution in [0.5, 0.6) is 0 Å². The maximum absolute atomic E-state index is 8.71. The Kier molecular flexibility index (Phi) is 23.1. The predicted molar refractivity (Wildman–Crippen MR) is 192 cm³/mol. The molecule has 0 saturated carbocycles. The van der Waals surface area contributed by atoms with Crippen molar-refractivity contribution in [1.82, 2.24) is 21.8 Å². The molecule has 0 saturated heterocycles. The molecule has 0 atom stereocenters. The Morgan fingerprint density at radius 3 is 1.21 bits per heavy atom. The molecule has 2 rings (SSSR count). The molecule has 0 heterocycles. The van der Waals surface area contributed by atoms with Crippen molar-refractivity contribution in [3.63, 3.8) is 0 Å². The second kappa shape index (κ2) is 25.6. The van der Waals surface area contributed by atoms with E-state index in [9.17, 15) is 0 Å². The van der Waals surface area contributed by atoms with E-state index in [2.05, 4.69) is 78.8 Å². The van der Waals surface area contributed by atoms with Crippen LogP contribution in [0.2, 0.25) is 0 Å². The largest absolute Gasteiger partial charge is 2.00 e. The van der Waals surface area contributed by atoms with Gasteiger partial charge in [-0.25, -0.2) is 0 Å². The van der Waals surface area contributed by atoms with Crippen molar-refractivity contribution in [2.24, 2.45) is 30.5 Å². The van der Waals surface area contributed by atoms with E-state index in [4.69, 9.17) is 45.3 Å². The van der Waals surface area contributed by atoms with Crippen LogP contribution in [0, 0.1) is 0 Å². The standard InChI is InChI=1S/2C14H20N6O2S.Ni/c2*1-3-20(4-2)12-7-5-11(6-8-12)9-15-18-14(23)17-13(19-22)10-16-21;/h2*5-10,21-22H,3-4H2,1-2H3,(H2,17,18,19,23);/q;;+2/b2*15-9+,16-10+;. The van der Waals surface area contributed by atoms with Crippen LogP contribution >= 0.6 is 24.4 Å².